The summed E-state index contributed by atoms with van der Waals surface area (Å²) in [5.74, 6) is 2.38. The Morgan fingerprint density at radius 3 is 1.92 bits per heavy atom. The molecule has 0 saturated heterocycles. The molecule has 10 aromatic rings. The molecular formula is C49H29N3O. The smallest absolute Gasteiger partial charge is 0.235 e. The topological polar surface area (TPSA) is 39.9 Å². The highest BCUT2D eigenvalue weighted by molar-refractivity contribution is 6.19. The third kappa shape index (κ3) is 3.74. The van der Waals surface area contributed by atoms with Crippen LogP contribution in [0.3, 0.4) is 0 Å². The van der Waals surface area contributed by atoms with Crippen LogP contribution in [0.1, 0.15) is 22.3 Å². The van der Waals surface area contributed by atoms with Crippen LogP contribution in [0.5, 0.6) is 11.5 Å². The minimum atomic E-state index is -0.589. The van der Waals surface area contributed by atoms with Gasteiger partial charge in [0.05, 0.1) is 27.7 Å². The molecule has 1 aliphatic carbocycles. The van der Waals surface area contributed by atoms with E-state index in [9.17, 15) is 0 Å². The van der Waals surface area contributed by atoms with Gasteiger partial charge in [0.25, 0.3) is 0 Å². The van der Waals surface area contributed by atoms with Crippen LogP contribution in [0.15, 0.2) is 176 Å². The van der Waals surface area contributed by atoms with Gasteiger partial charge in [-0.3, -0.25) is 4.57 Å². The lowest BCUT2D eigenvalue weighted by molar-refractivity contribution is 0.437. The number of benzene rings is 8. The summed E-state index contributed by atoms with van der Waals surface area (Å²) in [5, 5.41) is 5.55. The van der Waals surface area contributed by atoms with Crippen molar-refractivity contribution >= 4 is 43.5 Å². The molecule has 246 valence electrons. The Morgan fingerprint density at radius 2 is 1.11 bits per heavy atom. The van der Waals surface area contributed by atoms with E-state index in [0.29, 0.717) is 5.95 Å². The average Bonchev–Trinajstić information content (AvgIpc) is 3.71. The van der Waals surface area contributed by atoms with E-state index in [1.807, 2.05) is 6.07 Å². The molecule has 0 atom stereocenters. The van der Waals surface area contributed by atoms with Crippen LogP contribution in [0, 0.1) is 0 Å². The van der Waals surface area contributed by atoms with Crippen molar-refractivity contribution in [1.29, 1.82) is 0 Å². The Labute approximate surface area is 305 Å². The normalized spacial score (nSPS) is 13.6. The Kier molecular flexibility index (Phi) is 5.67. The molecule has 12 rings (SSSR count). The quantitative estimate of drug-likeness (QED) is 0.183. The van der Waals surface area contributed by atoms with Gasteiger partial charge in [-0.25, -0.2) is 9.97 Å². The maximum atomic E-state index is 6.95. The van der Waals surface area contributed by atoms with Crippen LogP contribution in [0.2, 0.25) is 0 Å². The Balaban J connectivity index is 1.27. The fourth-order valence-electron chi connectivity index (χ4n) is 9.31. The van der Waals surface area contributed by atoms with E-state index in [2.05, 4.69) is 174 Å². The first kappa shape index (κ1) is 28.6. The molecule has 1 spiro atoms. The van der Waals surface area contributed by atoms with Crippen molar-refractivity contribution in [3.8, 4) is 39.8 Å². The number of hydrogen-bond donors (Lipinski definition) is 0. The van der Waals surface area contributed by atoms with Gasteiger partial charge >= 0.3 is 0 Å². The van der Waals surface area contributed by atoms with Crippen molar-refractivity contribution in [2.45, 2.75) is 5.41 Å². The molecular weight excluding hydrogens is 647 g/mol. The highest BCUT2D eigenvalue weighted by atomic mass is 16.5. The summed E-state index contributed by atoms with van der Waals surface area (Å²) >= 11 is 0. The molecule has 4 nitrogen and oxygen atoms in total. The van der Waals surface area contributed by atoms with Crippen molar-refractivity contribution in [3.63, 3.8) is 0 Å². The maximum Gasteiger partial charge on any atom is 0.235 e. The number of nitrogens with zero attached hydrogens (tertiary/aromatic N) is 3. The molecule has 0 N–H and O–H groups in total. The molecule has 0 amide bonds. The highest BCUT2D eigenvalue weighted by Gasteiger charge is 2.51. The molecule has 0 unspecified atom stereocenters. The van der Waals surface area contributed by atoms with E-state index in [4.69, 9.17) is 14.7 Å². The molecule has 3 heterocycles. The number of ether oxygens (including phenoxy) is 1. The predicted octanol–water partition coefficient (Wildman–Crippen LogP) is 12.0. The Bertz CT molecular complexity index is 3110. The molecule has 0 fully saturated rings. The van der Waals surface area contributed by atoms with E-state index >= 15 is 0 Å². The molecule has 0 bridgehead atoms. The number of hydrogen-bond acceptors (Lipinski definition) is 3. The van der Waals surface area contributed by atoms with Crippen LogP contribution in [-0.2, 0) is 5.41 Å². The first-order valence-electron chi connectivity index (χ1n) is 18.1. The van der Waals surface area contributed by atoms with Gasteiger partial charge in [-0.2, -0.15) is 0 Å². The van der Waals surface area contributed by atoms with Gasteiger partial charge in [0, 0.05) is 38.2 Å². The second-order valence-corrected chi connectivity index (χ2v) is 14.1. The van der Waals surface area contributed by atoms with Crippen LogP contribution in [0.25, 0.3) is 71.8 Å². The minimum absolute atomic E-state index is 0.589. The fraction of sp³-hybridized carbons (Fsp3) is 0.0204. The van der Waals surface area contributed by atoms with Crippen LogP contribution in [-0.4, -0.2) is 14.5 Å². The number of fused-ring (bicyclic) bond motifs is 15. The lowest BCUT2D eigenvalue weighted by Crippen LogP contribution is -2.32. The van der Waals surface area contributed by atoms with Crippen LogP contribution >= 0.6 is 0 Å². The molecule has 0 radical (unpaired) electrons. The summed E-state index contributed by atoms with van der Waals surface area (Å²) in [4.78, 5) is 10.8. The zero-order valence-electron chi connectivity index (χ0n) is 28.5. The van der Waals surface area contributed by atoms with Gasteiger partial charge in [0.2, 0.25) is 5.95 Å². The van der Waals surface area contributed by atoms with Crippen LogP contribution in [0.4, 0.5) is 0 Å². The van der Waals surface area contributed by atoms with Crippen molar-refractivity contribution in [1.82, 2.24) is 14.5 Å². The van der Waals surface area contributed by atoms with Gasteiger partial charge in [0.15, 0.2) is 0 Å². The third-order valence-electron chi connectivity index (χ3n) is 11.5. The summed E-state index contributed by atoms with van der Waals surface area (Å²) < 4.78 is 9.25. The van der Waals surface area contributed by atoms with Crippen molar-refractivity contribution in [3.05, 3.63) is 198 Å². The molecule has 0 saturated carbocycles. The van der Waals surface area contributed by atoms with Crippen molar-refractivity contribution in [2.75, 3.05) is 0 Å². The van der Waals surface area contributed by atoms with E-state index in [-0.39, 0.29) is 0 Å². The summed E-state index contributed by atoms with van der Waals surface area (Å²) in [6.07, 6.45) is 0. The minimum Gasteiger partial charge on any atom is -0.457 e. The molecule has 53 heavy (non-hydrogen) atoms. The first-order chi connectivity index (χ1) is 26.3. The summed E-state index contributed by atoms with van der Waals surface area (Å²) in [5.41, 5.74) is 11.7. The second kappa shape index (κ2) is 10.5. The highest BCUT2D eigenvalue weighted by Crippen LogP contribution is 2.62. The Hall–Kier alpha value is -7.04. The average molecular weight is 676 g/mol. The summed E-state index contributed by atoms with van der Waals surface area (Å²) in [6, 6.07) is 62.8. The number of para-hydroxylation sites is 2. The summed E-state index contributed by atoms with van der Waals surface area (Å²) in [7, 11) is 0. The molecule has 2 aliphatic rings. The number of rotatable bonds is 2. The monoisotopic (exact) mass is 675 g/mol. The van der Waals surface area contributed by atoms with E-state index < -0.39 is 5.41 Å². The largest absolute Gasteiger partial charge is 0.457 e. The zero-order valence-corrected chi connectivity index (χ0v) is 28.5. The molecule has 1 aliphatic heterocycles. The molecule has 4 heteroatoms. The standard InChI is InChI=1S/C49H29N3O/c1-2-15-31(16-3-1)46-36-20-8-12-24-42(36)50-48(51-46)52-43-29-41-45(28-37(43)35-27-26-30-14-4-5-17-32(30)47(35)52)53-44-25-13-11-23-40(44)49(41)38-21-9-6-18-33(38)34-19-7-10-22-39(34)49/h1-29H. The third-order valence-corrected chi connectivity index (χ3v) is 11.5. The fourth-order valence-corrected chi connectivity index (χ4v) is 9.31. The summed E-state index contributed by atoms with van der Waals surface area (Å²) in [6.45, 7) is 0. The predicted molar refractivity (Wildman–Crippen MR) is 214 cm³/mol. The number of aromatic nitrogens is 3. The van der Waals surface area contributed by atoms with Crippen molar-refractivity contribution < 1.29 is 4.74 Å². The zero-order chi connectivity index (χ0) is 34.7. The SMILES string of the molecule is c1ccc(-c2nc(-n3c4cc5c(cc4c4ccc6ccccc6c43)Oc3ccccc3C53c4ccccc4-c4ccccc43)nc3ccccc23)cc1. The lowest BCUT2D eigenvalue weighted by Gasteiger charge is -2.39. The van der Waals surface area contributed by atoms with E-state index in [1.54, 1.807) is 0 Å². The van der Waals surface area contributed by atoms with E-state index in [0.717, 1.165) is 77.4 Å². The van der Waals surface area contributed by atoms with Gasteiger partial charge in [0.1, 0.15) is 11.5 Å². The second-order valence-electron chi connectivity index (χ2n) is 14.1. The van der Waals surface area contributed by atoms with Gasteiger partial charge in [-0.1, -0.05) is 152 Å². The maximum absolute atomic E-state index is 6.95. The van der Waals surface area contributed by atoms with Crippen LogP contribution < -0.4 is 4.74 Å². The Morgan fingerprint density at radius 1 is 0.453 bits per heavy atom. The molecule has 2 aromatic heterocycles. The first-order valence-corrected chi connectivity index (χ1v) is 18.1. The lowest BCUT2D eigenvalue weighted by atomic mass is 9.66. The van der Waals surface area contributed by atoms with E-state index in [1.165, 1.54) is 22.3 Å². The van der Waals surface area contributed by atoms with Gasteiger partial charge in [-0.05, 0) is 51.9 Å². The van der Waals surface area contributed by atoms with Crippen molar-refractivity contribution in [2.24, 2.45) is 0 Å². The van der Waals surface area contributed by atoms with Gasteiger partial charge < -0.3 is 4.74 Å². The van der Waals surface area contributed by atoms with Gasteiger partial charge in [-0.15, -0.1) is 0 Å². The molecule has 8 aromatic carbocycles.